The molecule has 7 heteroatoms. The van der Waals surface area contributed by atoms with E-state index in [2.05, 4.69) is 10.3 Å². The van der Waals surface area contributed by atoms with Gasteiger partial charge in [0.15, 0.2) is 5.78 Å². The number of fused-ring (bicyclic) bond motifs is 1. The number of benzene rings is 2. The molecule has 0 saturated heterocycles. The van der Waals surface area contributed by atoms with Crippen molar-refractivity contribution in [3.8, 4) is 11.5 Å². The molecule has 0 fully saturated rings. The Kier molecular flexibility index (Phi) is 5.18. The smallest absolute Gasteiger partial charge is 0.261 e. The zero-order valence-corrected chi connectivity index (χ0v) is 16.1. The summed E-state index contributed by atoms with van der Waals surface area (Å²) < 4.78 is 5.71. The molecule has 6 nitrogen and oxygen atoms in total. The van der Waals surface area contributed by atoms with Crippen molar-refractivity contribution in [2.75, 3.05) is 5.32 Å². The molecule has 0 atom stereocenters. The summed E-state index contributed by atoms with van der Waals surface area (Å²) in [5, 5.41) is 3.16. The molecule has 0 unspecified atom stereocenters. The first kappa shape index (κ1) is 19.0. The SMILES string of the molecule is O=C1CCCc2[nH]c(=O)c(C(=O)Nc3ccc(Oc4ccccc4Cl)cc3)cc21. The van der Waals surface area contributed by atoms with Gasteiger partial charge in [0.05, 0.1) is 5.02 Å². The number of para-hydroxylation sites is 1. The van der Waals surface area contributed by atoms with E-state index in [1.165, 1.54) is 6.07 Å². The number of nitrogens with one attached hydrogen (secondary N) is 2. The Morgan fingerprint density at radius 3 is 2.55 bits per heavy atom. The second-order valence-electron chi connectivity index (χ2n) is 6.69. The van der Waals surface area contributed by atoms with Gasteiger partial charge in [-0.2, -0.15) is 0 Å². The van der Waals surface area contributed by atoms with E-state index in [1.54, 1.807) is 36.4 Å². The first-order chi connectivity index (χ1) is 14.0. The number of amides is 1. The van der Waals surface area contributed by atoms with Crippen LogP contribution in [0.25, 0.3) is 0 Å². The molecular weight excluding hydrogens is 392 g/mol. The van der Waals surface area contributed by atoms with E-state index in [4.69, 9.17) is 16.3 Å². The maximum atomic E-state index is 12.6. The molecule has 0 saturated carbocycles. The Balaban J connectivity index is 1.50. The quantitative estimate of drug-likeness (QED) is 0.660. The summed E-state index contributed by atoms with van der Waals surface area (Å²) in [7, 11) is 0. The number of anilines is 1. The van der Waals surface area contributed by atoms with Crippen LogP contribution < -0.4 is 15.6 Å². The van der Waals surface area contributed by atoms with Gasteiger partial charge in [-0.25, -0.2) is 0 Å². The molecule has 2 aromatic carbocycles. The van der Waals surface area contributed by atoms with Crippen LogP contribution in [0.2, 0.25) is 5.02 Å². The van der Waals surface area contributed by atoms with Crippen LogP contribution in [0.15, 0.2) is 59.4 Å². The molecule has 1 aliphatic carbocycles. The fraction of sp³-hybridized carbons (Fsp3) is 0.136. The van der Waals surface area contributed by atoms with Gasteiger partial charge in [-0.05, 0) is 55.3 Å². The van der Waals surface area contributed by atoms with Crippen molar-refractivity contribution in [2.45, 2.75) is 19.3 Å². The molecule has 0 aliphatic heterocycles. The number of ether oxygens (including phenoxy) is 1. The molecule has 1 aliphatic rings. The molecule has 0 radical (unpaired) electrons. The maximum Gasteiger partial charge on any atom is 0.261 e. The van der Waals surface area contributed by atoms with Gasteiger partial charge in [0.2, 0.25) is 0 Å². The Hall–Kier alpha value is -3.38. The maximum absolute atomic E-state index is 12.6. The fourth-order valence-electron chi connectivity index (χ4n) is 3.20. The van der Waals surface area contributed by atoms with Crippen LogP contribution in [-0.2, 0) is 6.42 Å². The second-order valence-corrected chi connectivity index (χ2v) is 7.10. The van der Waals surface area contributed by atoms with Crippen molar-refractivity contribution in [3.63, 3.8) is 0 Å². The highest BCUT2D eigenvalue weighted by Gasteiger charge is 2.22. The van der Waals surface area contributed by atoms with E-state index in [-0.39, 0.29) is 11.3 Å². The monoisotopic (exact) mass is 408 g/mol. The number of carbonyl (C=O) groups excluding carboxylic acids is 2. The number of aryl methyl sites for hydroxylation is 1. The van der Waals surface area contributed by atoms with Crippen LogP contribution in [0.1, 0.15) is 39.3 Å². The molecular formula is C22H17ClN2O4. The van der Waals surface area contributed by atoms with Gasteiger partial charge in [-0.1, -0.05) is 23.7 Å². The van der Waals surface area contributed by atoms with Crippen molar-refractivity contribution in [2.24, 2.45) is 0 Å². The first-order valence-electron chi connectivity index (χ1n) is 9.14. The molecule has 3 aromatic rings. The van der Waals surface area contributed by atoms with Crippen LogP contribution >= 0.6 is 11.6 Å². The number of pyridine rings is 1. The van der Waals surface area contributed by atoms with Gasteiger partial charge < -0.3 is 15.0 Å². The van der Waals surface area contributed by atoms with Crippen LogP contribution in [0.5, 0.6) is 11.5 Å². The third kappa shape index (κ3) is 4.07. The Bertz CT molecular complexity index is 1150. The second kappa shape index (κ2) is 7.93. The highest BCUT2D eigenvalue weighted by atomic mass is 35.5. The van der Waals surface area contributed by atoms with Gasteiger partial charge in [0.25, 0.3) is 11.5 Å². The minimum Gasteiger partial charge on any atom is -0.456 e. The Morgan fingerprint density at radius 2 is 1.79 bits per heavy atom. The van der Waals surface area contributed by atoms with Gasteiger partial charge >= 0.3 is 0 Å². The van der Waals surface area contributed by atoms with E-state index in [9.17, 15) is 14.4 Å². The predicted molar refractivity (Wildman–Crippen MR) is 110 cm³/mol. The lowest BCUT2D eigenvalue weighted by molar-refractivity contribution is 0.0971. The number of Topliss-reactive ketones (excluding diaryl/α,β-unsaturated/α-hetero) is 1. The normalized spacial score (nSPS) is 12.9. The molecule has 2 N–H and O–H groups in total. The first-order valence-corrected chi connectivity index (χ1v) is 9.52. The van der Waals surface area contributed by atoms with Gasteiger partial charge in [-0.3, -0.25) is 14.4 Å². The number of halogens is 1. The summed E-state index contributed by atoms with van der Waals surface area (Å²) in [5.74, 6) is 0.439. The van der Waals surface area contributed by atoms with Crippen LogP contribution in [0, 0.1) is 0 Å². The number of aromatic amines is 1. The van der Waals surface area contributed by atoms with Crippen molar-refractivity contribution in [1.29, 1.82) is 0 Å². The molecule has 1 amide bonds. The average Bonchev–Trinajstić information content (AvgIpc) is 2.71. The fourth-order valence-corrected chi connectivity index (χ4v) is 3.38. The number of ketones is 1. The minimum atomic E-state index is -0.577. The molecule has 4 rings (SSSR count). The van der Waals surface area contributed by atoms with E-state index in [0.29, 0.717) is 52.7 Å². The summed E-state index contributed by atoms with van der Waals surface area (Å²) in [6.45, 7) is 0. The lowest BCUT2D eigenvalue weighted by Gasteiger charge is -2.15. The number of aromatic nitrogens is 1. The molecule has 1 heterocycles. The Morgan fingerprint density at radius 1 is 1.03 bits per heavy atom. The van der Waals surface area contributed by atoms with E-state index < -0.39 is 11.5 Å². The largest absolute Gasteiger partial charge is 0.456 e. The number of rotatable bonds is 4. The minimum absolute atomic E-state index is 0.0578. The number of hydrogen-bond acceptors (Lipinski definition) is 4. The summed E-state index contributed by atoms with van der Waals surface area (Å²) in [4.78, 5) is 39.5. The van der Waals surface area contributed by atoms with Gasteiger partial charge in [0.1, 0.15) is 17.1 Å². The zero-order chi connectivity index (χ0) is 20.4. The van der Waals surface area contributed by atoms with E-state index in [1.807, 2.05) is 12.1 Å². The van der Waals surface area contributed by atoms with Gasteiger partial charge in [0, 0.05) is 23.4 Å². The van der Waals surface area contributed by atoms with Crippen molar-refractivity contribution < 1.29 is 14.3 Å². The van der Waals surface area contributed by atoms with Crippen molar-refractivity contribution in [3.05, 3.63) is 86.8 Å². The van der Waals surface area contributed by atoms with Crippen LogP contribution in [0.3, 0.4) is 0 Å². The third-order valence-electron chi connectivity index (χ3n) is 4.68. The van der Waals surface area contributed by atoms with Crippen molar-refractivity contribution >= 4 is 29.0 Å². The molecule has 29 heavy (non-hydrogen) atoms. The number of carbonyl (C=O) groups is 2. The van der Waals surface area contributed by atoms with Crippen LogP contribution in [0.4, 0.5) is 5.69 Å². The number of H-pyrrole nitrogens is 1. The lowest BCUT2D eigenvalue weighted by atomic mass is 9.93. The van der Waals surface area contributed by atoms with E-state index in [0.717, 1.165) is 0 Å². The molecule has 146 valence electrons. The highest BCUT2D eigenvalue weighted by molar-refractivity contribution is 6.32. The van der Waals surface area contributed by atoms with Crippen LogP contribution in [-0.4, -0.2) is 16.7 Å². The Labute approximate surface area is 171 Å². The topological polar surface area (TPSA) is 88.3 Å². The summed E-state index contributed by atoms with van der Waals surface area (Å²) in [6.07, 6.45) is 1.76. The summed E-state index contributed by atoms with van der Waals surface area (Å²) in [5.41, 5.74) is 0.920. The molecule has 1 aromatic heterocycles. The van der Waals surface area contributed by atoms with Gasteiger partial charge in [-0.15, -0.1) is 0 Å². The highest BCUT2D eigenvalue weighted by Crippen LogP contribution is 2.29. The molecule has 0 spiro atoms. The number of hydrogen-bond donors (Lipinski definition) is 2. The lowest BCUT2D eigenvalue weighted by Crippen LogP contribution is -2.27. The third-order valence-corrected chi connectivity index (χ3v) is 4.99. The standard InChI is InChI=1S/C22H17ClN2O4/c23-17-4-1-2-7-20(17)29-14-10-8-13(9-11-14)24-21(27)16-12-15-18(25-22(16)28)5-3-6-19(15)26/h1-2,4,7-12H,3,5-6H2,(H,24,27)(H,25,28). The zero-order valence-electron chi connectivity index (χ0n) is 15.3. The molecule has 0 bridgehead atoms. The summed E-state index contributed by atoms with van der Waals surface area (Å²) >= 11 is 6.08. The predicted octanol–water partition coefficient (Wildman–Crippen LogP) is 4.59. The van der Waals surface area contributed by atoms with Crippen molar-refractivity contribution in [1.82, 2.24) is 4.98 Å². The van der Waals surface area contributed by atoms with E-state index >= 15 is 0 Å². The summed E-state index contributed by atoms with van der Waals surface area (Å²) in [6, 6.07) is 15.2. The average molecular weight is 409 g/mol.